The van der Waals surface area contributed by atoms with Crippen LogP contribution in [-0.2, 0) is 5.41 Å². The van der Waals surface area contributed by atoms with Gasteiger partial charge in [0.2, 0.25) is 0 Å². The van der Waals surface area contributed by atoms with Gasteiger partial charge in [0.05, 0.1) is 5.69 Å². The number of carbonyl (C=O) groups is 1. The van der Waals surface area contributed by atoms with Gasteiger partial charge in [-0.1, -0.05) is 32.9 Å². The van der Waals surface area contributed by atoms with E-state index < -0.39 is 23.2 Å². The van der Waals surface area contributed by atoms with Crippen LogP contribution in [0.2, 0.25) is 0 Å². The summed E-state index contributed by atoms with van der Waals surface area (Å²) < 4.78 is 28.4. The normalized spacial score (nSPS) is 11.8. The van der Waals surface area contributed by atoms with E-state index in [4.69, 9.17) is 5.73 Å². The van der Waals surface area contributed by atoms with Gasteiger partial charge in [0.15, 0.2) is 28.8 Å². The number of fused-ring (bicyclic) bond motifs is 1. The molecule has 2 aromatic heterocycles. The monoisotopic (exact) mass is 423 g/mol. The van der Waals surface area contributed by atoms with Crippen LogP contribution in [0.4, 0.5) is 8.78 Å². The van der Waals surface area contributed by atoms with Crippen LogP contribution in [0.1, 0.15) is 36.8 Å². The number of nitrogens with one attached hydrogen (secondary N) is 1. The van der Waals surface area contributed by atoms with Crippen molar-refractivity contribution in [2.75, 3.05) is 0 Å². The van der Waals surface area contributed by atoms with Gasteiger partial charge in [0.25, 0.3) is 5.91 Å². The van der Waals surface area contributed by atoms with Crippen molar-refractivity contribution in [1.82, 2.24) is 19.5 Å². The van der Waals surface area contributed by atoms with Crippen LogP contribution in [0.15, 0.2) is 47.3 Å². The molecule has 0 bridgehead atoms. The van der Waals surface area contributed by atoms with E-state index in [2.05, 4.69) is 35.7 Å². The van der Waals surface area contributed by atoms with Crippen molar-refractivity contribution in [3.05, 3.63) is 75.8 Å². The van der Waals surface area contributed by atoms with Crippen molar-refractivity contribution < 1.29 is 13.6 Å². The topological polar surface area (TPSA) is 107 Å². The Labute approximate surface area is 175 Å². The Kier molecular flexibility index (Phi) is 4.68. The molecular formula is C22H19F2N5O2. The quantitative estimate of drug-likeness (QED) is 0.526. The van der Waals surface area contributed by atoms with Crippen LogP contribution in [0.3, 0.4) is 0 Å². The van der Waals surface area contributed by atoms with Crippen LogP contribution in [-0.4, -0.2) is 25.4 Å². The summed E-state index contributed by atoms with van der Waals surface area (Å²) in [5.74, 6) is -3.09. The molecule has 4 aromatic rings. The maximum atomic E-state index is 13.7. The molecule has 1 amide bonds. The first-order valence-electron chi connectivity index (χ1n) is 9.45. The highest BCUT2D eigenvalue weighted by atomic mass is 19.2. The number of hydrogen-bond acceptors (Lipinski definition) is 4. The largest absolute Gasteiger partial charge is 0.364 e. The molecular weight excluding hydrogens is 404 g/mol. The van der Waals surface area contributed by atoms with Gasteiger partial charge in [0, 0.05) is 5.56 Å². The summed E-state index contributed by atoms with van der Waals surface area (Å²) in [4.78, 5) is 35.7. The fourth-order valence-corrected chi connectivity index (χ4v) is 3.28. The number of H-pyrrole nitrogens is 1. The van der Waals surface area contributed by atoms with Gasteiger partial charge in [-0.2, -0.15) is 0 Å². The van der Waals surface area contributed by atoms with Gasteiger partial charge in [-0.15, -0.1) is 0 Å². The minimum absolute atomic E-state index is 0.0590. The lowest BCUT2D eigenvalue weighted by atomic mass is 9.87. The smallest absolute Gasteiger partial charge is 0.332 e. The van der Waals surface area contributed by atoms with Crippen molar-refractivity contribution in [3.63, 3.8) is 0 Å². The predicted molar refractivity (Wildman–Crippen MR) is 112 cm³/mol. The second-order valence-corrected chi connectivity index (χ2v) is 8.15. The van der Waals surface area contributed by atoms with Gasteiger partial charge < -0.3 is 10.7 Å². The summed E-state index contributed by atoms with van der Waals surface area (Å²) in [5, 5.41) is 0. The van der Waals surface area contributed by atoms with E-state index in [1.54, 1.807) is 12.1 Å². The number of aromatic nitrogens is 4. The minimum atomic E-state index is -1.09. The first-order valence-corrected chi connectivity index (χ1v) is 9.45. The summed E-state index contributed by atoms with van der Waals surface area (Å²) >= 11 is 0. The summed E-state index contributed by atoms with van der Waals surface area (Å²) in [5.41, 5.74) is 6.46. The number of benzene rings is 2. The van der Waals surface area contributed by atoms with E-state index in [0.29, 0.717) is 5.69 Å². The van der Waals surface area contributed by atoms with Gasteiger partial charge in [0.1, 0.15) is 5.52 Å². The maximum absolute atomic E-state index is 13.7. The third kappa shape index (κ3) is 3.58. The number of amides is 1. The van der Waals surface area contributed by atoms with Crippen molar-refractivity contribution in [1.29, 1.82) is 0 Å². The van der Waals surface area contributed by atoms with Crippen LogP contribution in [0.25, 0.3) is 28.2 Å². The minimum Gasteiger partial charge on any atom is -0.364 e. The average molecular weight is 423 g/mol. The van der Waals surface area contributed by atoms with Crippen molar-refractivity contribution in [2.24, 2.45) is 5.73 Å². The lowest BCUT2D eigenvalue weighted by Crippen LogP contribution is -2.16. The molecule has 0 saturated carbocycles. The zero-order chi connectivity index (χ0) is 22.5. The Morgan fingerprint density at radius 2 is 1.71 bits per heavy atom. The zero-order valence-electron chi connectivity index (χ0n) is 17.0. The molecule has 2 heterocycles. The van der Waals surface area contributed by atoms with Crippen molar-refractivity contribution >= 4 is 17.1 Å². The van der Waals surface area contributed by atoms with Crippen molar-refractivity contribution in [2.45, 2.75) is 26.2 Å². The lowest BCUT2D eigenvalue weighted by molar-refractivity contribution is 0.0997. The third-order valence-corrected chi connectivity index (χ3v) is 4.94. The Morgan fingerprint density at radius 1 is 1.03 bits per heavy atom. The highest BCUT2D eigenvalue weighted by Gasteiger charge is 2.21. The summed E-state index contributed by atoms with van der Waals surface area (Å²) in [6, 6.07) is 10.4. The number of halogens is 2. The second-order valence-electron chi connectivity index (χ2n) is 8.15. The molecule has 0 atom stereocenters. The molecule has 0 aliphatic carbocycles. The maximum Gasteiger partial charge on any atom is 0.332 e. The third-order valence-electron chi connectivity index (χ3n) is 4.94. The molecule has 4 rings (SSSR count). The van der Waals surface area contributed by atoms with Crippen LogP contribution in [0, 0.1) is 11.6 Å². The number of aromatic amines is 1. The van der Waals surface area contributed by atoms with Gasteiger partial charge in [-0.05, 0) is 41.3 Å². The molecule has 0 unspecified atom stereocenters. The Morgan fingerprint density at radius 3 is 2.29 bits per heavy atom. The fourth-order valence-electron chi connectivity index (χ4n) is 3.28. The number of primary amides is 1. The van der Waals surface area contributed by atoms with Crippen LogP contribution < -0.4 is 11.4 Å². The molecule has 0 aliphatic rings. The molecule has 0 aliphatic heterocycles. The summed E-state index contributed by atoms with van der Waals surface area (Å²) in [6.45, 7) is 6.21. The Bertz CT molecular complexity index is 1380. The number of nitrogens with two attached hydrogens (primary N) is 1. The fraction of sp³-hybridized carbons (Fsp3) is 0.182. The van der Waals surface area contributed by atoms with E-state index in [1.807, 2.05) is 12.1 Å². The van der Waals surface area contributed by atoms with E-state index in [9.17, 15) is 18.4 Å². The van der Waals surface area contributed by atoms with E-state index in [0.717, 1.165) is 17.7 Å². The molecule has 158 valence electrons. The summed E-state index contributed by atoms with van der Waals surface area (Å²) in [7, 11) is 0. The molecule has 3 N–H and O–H groups in total. The lowest BCUT2D eigenvalue weighted by Gasteiger charge is -2.19. The molecule has 0 fully saturated rings. The Hall–Kier alpha value is -3.88. The molecule has 7 nitrogen and oxygen atoms in total. The van der Waals surface area contributed by atoms with Gasteiger partial charge >= 0.3 is 5.69 Å². The zero-order valence-corrected chi connectivity index (χ0v) is 17.0. The Balaban J connectivity index is 1.98. The molecule has 0 saturated heterocycles. The number of hydrogen-bond donors (Lipinski definition) is 2. The van der Waals surface area contributed by atoms with E-state index in [1.165, 1.54) is 10.6 Å². The average Bonchev–Trinajstić information content (AvgIpc) is 3.04. The van der Waals surface area contributed by atoms with Gasteiger partial charge in [-0.3, -0.25) is 4.79 Å². The molecule has 31 heavy (non-hydrogen) atoms. The highest BCUT2D eigenvalue weighted by Crippen LogP contribution is 2.26. The molecule has 0 spiro atoms. The van der Waals surface area contributed by atoms with Crippen molar-refractivity contribution in [3.8, 4) is 17.1 Å². The number of carbonyl (C=O) groups excluding carboxylic acids is 1. The second kappa shape index (κ2) is 7.12. The van der Waals surface area contributed by atoms with E-state index in [-0.39, 0.29) is 33.7 Å². The molecule has 2 aromatic carbocycles. The van der Waals surface area contributed by atoms with Gasteiger partial charge in [-0.25, -0.2) is 28.1 Å². The standard InChI is InChI=1S/C22H19F2N5O2/c1-22(2,3)12-5-7-13(8-6-12)29-20-17(27-21(29)31)16(18(25)30)26-19(28-20)11-4-9-14(23)15(24)10-11/h4-10H,1-3H3,(H2,25,30)(H,27,31). The van der Waals surface area contributed by atoms with Crippen LogP contribution >= 0.6 is 0 Å². The van der Waals surface area contributed by atoms with Crippen LogP contribution in [0.5, 0.6) is 0 Å². The molecule has 0 radical (unpaired) electrons. The first-order chi connectivity index (χ1) is 14.6. The number of rotatable bonds is 3. The highest BCUT2D eigenvalue weighted by molar-refractivity contribution is 6.02. The SMILES string of the molecule is CC(C)(C)c1ccc(-n2c(=O)[nH]c3c(C(N)=O)nc(-c4ccc(F)c(F)c4)nc32)cc1. The predicted octanol–water partition coefficient (Wildman–Crippen LogP) is 3.45. The first kappa shape index (κ1) is 20.4. The summed E-state index contributed by atoms with van der Waals surface area (Å²) in [6.07, 6.45) is 0. The van der Waals surface area contributed by atoms with E-state index >= 15 is 0 Å². The molecule has 9 heteroatoms. The number of nitrogens with zero attached hydrogens (tertiary/aromatic N) is 3. The number of imidazole rings is 1.